The van der Waals surface area contributed by atoms with Gasteiger partial charge in [-0.05, 0) is 40.5 Å². The van der Waals surface area contributed by atoms with E-state index in [1.807, 2.05) is 13.0 Å². The maximum absolute atomic E-state index is 11.1. The second-order valence-corrected chi connectivity index (χ2v) is 7.00. The molecule has 0 radical (unpaired) electrons. The Morgan fingerprint density at radius 2 is 2.09 bits per heavy atom. The number of nitro benzene ring substituents is 1. The van der Waals surface area contributed by atoms with Gasteiger partial charge >= 0.3 is 15.8 Å². The molecule has 22 heavy (non-hydrogen) atoms. The number of hydrogen-bond donors (Lipinski definition) is 0. The standard InChI is InChI=1S/C12H12BrN3O5S/c1-8-5-12(13)14-15(8)7-9-3-4-11(21-22(2,19)20)10(6-9)16(17)18/h3-6H,7H2,1-2H3. The van der Waals surface area contributed by atoms with Crippen LogP contribution in [-0.4, -0.2) is 29.4 Å². The van der Waals surface area contributed by atoms with Gasteiger partial charge in [-0.15, -0.1) is 0 Å². The Morgan fingerprint density at radius 1 is 1.41 bits per heavy atom. The first-order valence-electron chi connectivity index (χ1n) is 6.02. The minimum atomic E-state index is -3.84. The molecule has 0 bridgehead atoms. The van der Waals surface area contributed by atoms with Crippen LogP contribution in [0.15, 0.2) is 28.9 Å². The van der Waals surface area contributed by atoms with E-state index >= 15 is 0 Å². The van der Waals surface area contributed by atoms with Gasteiger partial charge in [0.2, 0.25) is 5.75 Å². The van der Waals surface area contributed by atoms with Crippen LogP contribution in [-0.2, 0) is 16.7 Å². The predicted octanol–water partition coefficient (Wildman–Crippen LogP) is 2.25. The number of aromatic nitrogens is 2. The number of hydrogen-bond acceptors (Lipinski definition) is 6. The molecule has 0 fully saturated rings. The van der Waals surface area contributed by atoms with Gasteiger partial charge in [-0.1, -0.05) is 6.07 Å². The summed E-state index contributed by atoms with van der Waals surface area (Å²) in [5.74, 6) is -0.311. The number of rotatable bonds is 5. The third-order valence-electron chi connectivity index (χ3n) is 2.74. The van der Waals surface area contributed by atoms with Gasteiger partial charge in [0.15, 0.2) is 0 Å². The van der Waals surface area contributed by atoms with E-state index in [2.05, 4.69) is 25.2 Å². The first-order valence-corrected chi connectivity index (χ1v) is 8.63. The second-order valence-electron chi connectivity index (χ2n) is 4.61. The molecule has 10 heteroatoms. The van der Waals surface area contributed by atoms with Crippen molar-refractivity contribution in [3.8, 4) is 5.75 Å². The smallest absolute Gasteiger partial charge is 0.313 e. The molecule has 118 valence electrons. The molecule has 1 aromatic carbocycles. The van der Waals surface area contributed by atoms with Gasteiger partial charge in [-0.3, -0.25) is 14.8 Å². The molecule has 0 aliphatic rings. The van der Waals surface area contributed by atoms with E-state index in [0.29, 0.717) is 16.7 Å². The highest BCUT2D eigenvalue weighted by Gasteiger charge is 2.20. The summed E-state index contributed by atoms with van der Waals surface area (Å²) in [5.41, 5.74) is 1.07. The average molecular weight is 390 g/mol. The van der Waals surface area contributed by atoms with Gasteiger partial charge in [0.1, 0.15) is 4.60 Å². The predicted molar refractivity (Wildman–Crippen MR) is 82.3 cm³/mol. The van der Waals surface area contributed by atoms with Crippen molar-refractivity contribution in [3.63, 3.8) is 0 Å². The quantitative estimate of drug-likeness (QED) is 0.441. The van der Waals surface area contributed by atoms with E-state index in [-0.39, 0.29) is 5.75 Å². The van der Waals surface area contributed by atoms with Gasteiger partial charge < -0.3 is 4.18 Å². The fraction of sp³-hybridized carbons (Fsp3) is 0.250. The van der Waals surface area contributed by atoms with Crippen molar-refractivity contribution < 1.29 is 17.5 Å². The van der Waals surface area contributed by atoms with E-state index in [1.54, 1.807) is 10.7 Å². The molecule has 0 amide bonds. The van der Waals surface area contributed by atoms with Gasteiger partial charge in [0.25, 0.3) is 0 Å². The lowest BCUT2D eigenvalue weighted by Gasteiger charge is -2.07. The molecule has 0 atom stereocenters. The normalized spacial score (nSPS) is 11.4. The van der Waals surface area contributed by atoms with Crippen molar-refractivity contribution in [3.05, 3.63) is 50.2 Å². The molecule has 0 saturated heterocycles. The fourth-order valence-corrected chi connectivity index (χ4v) is 2.83. The third kappa shape index (κ3) is 4.04. The van der Waals surface area contributed by atoms with Crippen LogP contribution in [0.2, 0.25) is 0 Å². The Hall–Kier alpha value is -1.94. The fourth-order valence-electron chi connectivity index (χ4n) is 1.84. The lowest BCUT2D eigenvalue weighted by molar-refractivity contribution is -0.385. The van der Waals surface area contributed by atoms with E-state index in [0.717, 1.165) is 11.9 Å². The van der Waals surface area contributed by atoms with E-state index < -0.39 is 20.7 Å². The first kappa shape index (κ1) is 16.4. The summed E-state index contributed by atoms with van der Waals surface area (Å²) in [7, 11) is -3.84. The summed E-state index contributed by atoms with van der Waals surface area (Å²) >= 11 is 3.25. The highest BCUT2D eigenvalue weighted by Crippen LogP contribution is 2.29. The van der Waals surface area contributed by atoms with Crippen molar-refractivity contribution >= 4 is 31.7 Å². The van der Waals surface area contributed by atoms with Crippen molar-refractivity contribution in [2.24, 2.45) is 0 Å². The summed E-state index contributed by atoms with van der Waals surface area (Å²) in [6.45, 7) is 2.17. The lowest BCUT2D eigenvalue weighted by atomic mass is 10.2. The molecule has 0 aliphatic carbocycles. The molecule has 0 unspecified atom stereocenters. The van der Waals surface area contributed by atoms with Gasteiger partial charge in [-0.25, -0.2) is 0 Å². The van der Waals surface area contributed by atoms with Crippen molar-refractivity contribution in [1.29, 1.82) is 0 Å². The molecule has 1 heterocycles. The number of halogens is 1. The van der Waals surface area contributed by atoms with Gasteiger partial charge in [0.05, 0.1) is 17.7 Å². The first-order chi connectivity index (χ1) is 10.2. The van der Waals surface area contributed by atoms with Crippen LogP contribution >= 0.6 is 15.9 Å². The molecule has 2 aromatic rings. The lowest BCUT2D eigenvalue weighted by Crippen LogP contribution is -2.09. The Balaban J connectivity index is 2.37. The molecular weight excluding hydrogens is 378 g/mol. The Bertz CT molecular complexity index is 831. The largest absolute Gasteiger partial charge is 0.375 e. The minimum Gasteiger partial charge on any atom is -0.375 e. The molecule has 0 saturated carbocycles. The zero-order chi connectivity index (χ0) is 16.5. The summed E-state index contributed by atoms with van der Waals surface area (Å²) < 4.78 is 29.2. The van der Waals surface area contributed by atoms with Crippen LogP contribution in [0.1, 0.15) is 11.3 Å². The van der Waals surface area contributed by atoms with E-state index in [4.69, 9.17) is 0 Å². The Morgan fingerprint density at radius 3 is 2.59 bits per heavy atom. The second kappa shape index (κ2) is 6.05. The maximum atomic E-state index is 11.1. The molecule has 0 N–H and O–H groups in total. The molecule has 0 spiro atoms. The number of nitrogens with zero attached hydrogens (tertiary/aromatic N) is 3. The van der Waals surface area contributed by atoms with Crippen molar-refractivity contribution in [2.45, 2.75) is 13.5 Å². The zero-order valence-corrected chi connectivity index (χ0v) is 14.1. The summed E-state index contributed by atoms with van der Waals surface area (Å²) in [6.07, 6.45) is 0.829. The van der Waals surface area contributed by atoms with Gasteiger partial charge in [0, 0.05) is 11.8 Å². The molecule has 0 aliphatic heterocycles. The SMILES string of the molecule is Cc1cc(Br)nn1Cc1ccc(OS(C)(=O)=O)c([N+](=O)[O-])c1. The van der Waals surface area contributed by atoms with Crippen molar-refractivity contribution in [2.75, 3.05) is 6.26 Å². The number of benzene rings is 1. The van der Waals surface area contributed by atoms with Crippen LogP contribution < -0.4 is 4.18 Å². The molecule has 1 aromatic heterocycles. The highest BCUT2D eigenvalue weighted by atomic mass is 79.9. The topological polar surface area (TPSA) is 104 Å². The van der Waals surface area contributed by atoms with Crippen LogP contribution in [0.5, 0.6) is 5.75 Å². The van der Waals surface area contributed by atoms with Gasteiger partial charge in [-0.2, -0.15) is 13.5 Å². The van der Waals surface area contributed by atoms with Crippen LogP contribution in [0.25, 0.3) is 0 Å². The summed E-state index contributed by atoms with van der Waals surface area (Å²) in [6, 6.07) is 5.91. The van der Waals surface area contributed by atoms with Crippen LogP contribution in [0, 0.1) is 17.0 Å². The maximum Gasteiger partial charge on any atom is 0.313 e. The monoisotopic (exact) mass is 389 g/mol. The average Bonchev–Trinajstić information content (AvgIpc) is 2.67. The van der Waals surface area contributed by atoms with Crippen LogP contribution in [0.3, 0.4) is 0 Å². The minimum absolute atomic E-state index is 0.311. The number of nitro groups is 1. The highest BCUT2D eigenvalue weighted by molar-refractivity contribution is 9.10. The molecular formula is C12H12BrN3O5S. The third-order valence-corrected chi connectivity index (χ3v) is 3.61. The molecule has 2 rings (SSSR count). The number of aryl methyl sites for hydroxylation is 1. The zero-order valence-electron chi connectivity index (χ0n) is 11.7. The Labute approximate surface area is 135 Å². The molecule has 8 nitrogen and oxygen atoms in total. The summed E-state index contributed by atoms with van der Waals surface area (Å²) in [4.78, 5) is 10.4. The van der Waals surface area contributed by atoms with E-state index in [9.17, 15) is 18.5 Å². The van der Waals surface area contributed by atoms with Crippen molar-refractivity contribution in [1.82, 2.24) is 9.78 Å². The summed E-state index contributed by atoms with van der Waals surface area (Å²) in [5, 5.41) is 15.3. The van der Waals surface area contributed by atoms with Crippen LogP contribution in [0.4, 0.5) is 5.69 Å². The van der Waals surface area contributed by atoms with E-state index in [1.165, 1.54) is 12.1 Å². The Kier molecular flexibility index (Phi) is 4.52.